The van der Waals surface area contributed by atoms with E-state index in [9.17, 15) is 13.5 Å². The second kappa shape index (κ2) is 5.39. The lowest BCUT2D eigenvalue weighted by molar-refractivity contribution is -0.152. The first-order valence-electron chi connectivity index (χ1n) is 8.98. The van der Waals surface area contributed by atoms with Gasteiger partial charge in [0.05, 0.1) is 30.4 Å². The fourth-order valence-corrected chi connectivity index (χ4v) is 5.97. The summed E-state index contributed by atoms with van der Waals surface area (Å²) in [6, 6.07) is 8.40. The van der Waals surface area contributed by atoms with E-state index in [1.165, 1.54) is 15.4 Å². The van der Waals surface area contributed by atoms with E-state index < -0.39 is 16.3 Å². The summed E-state index contributed by atoms with van der Waals surface area (Å²) in [5.74, 6) is 0.118. The predicted molar refractivity (Wildman–Crippen MR) is 96.3 cm³/mol. The predicted octanol–water partition coefficient (Wildman–Crippen LogP) is 1.12. The molecule has 3 aliphatic rings. The largest absolute Gasteiger partial charge is 0.392 e. The Morgan fingerprint density at radius 1 is 1.23 bits per heavy atom. The molecule has 1 saturated heterocycles. The molecule has 0 radical (unpaired) electrons. The third-order valence-electron chi connectivity index (χ3n) is 6.68. The van der Waals surface area contributed by atoms with Crippen LogP contribution >= 0.6 is 0 Å². The Bertz CT molecular complexity index is 962. The molecule has 1 aromatic heterocycles. The van der Waals surface area contributed by atoms with Gasteiger partial charge in [0.15, 0.2) is 0 Å². The maximum absolute atomic E-state index is 11.5. The molecule has 1 saturated carbocycles. The van der Waals surface area contributed by atoms with E-state index in [0.717, 1.165) is 12.1 Å². The molecular formula is C18H22N4O3S. The topological polar surface area (TPSA) is 101 Å². The van der Waals surface area contributed by atoms with Gasteiger partial charge in [-0.1, -0.05) is 24.3 Å². The number of aromatic nitrogens is 2. The van der Waals surface area contributed by atoms with Crippen LogP contribution in [0.15, 0.2) is 36.8 Å². The Morgan fingerprint density at radius 2 is 1.96 bits per heavy atom. The molecule has 1 aliphatic carbocycles. The van der Waals surface area contributed by atoms with E-state index in [1.54, 1.807) is 0 Å². The molecule has 0 unspecified atom stereocenters. The quantitative estimate of drug-likeness (QED) is 0.822. The average molecular weight is 374 g/mol. The molecule has 0 bridgehead atoms. The molecule has 26 heavy (non-hydrogen) atoms. The van der Waals surface area contributed by atoms with Crippen LogP contribution in [0.25, 0.3) is 11.3 Å². The second-order valence-electron chi connectivity index (χ2n) is 7.84. The summed E-state index contributed by atoms with van der Waals surface area (Å²) in [5, 5.41) is 16.3. The minimum Gasteiger partial charge on any atom is -0.392 e. The molecule has 7 nitrogen and oxygen atoms in total. The Hall–Kier alpha value is -1.74. The van der Waals surface area contributed by atoms with Crippen LogP contribution < -0.4 is 5.14 Å². The van der Waals surface area contributed by atoms with Gasteiger partial charge in [0.1, 0.15) is 0 Å². The minimum absolute atomic E-state index is 0.0978. The molecular weight excluding hydrogens is 352 g/mol. The summed E-state index contributed by atoms with van der Waals surface area (Å²) in [5.41, 5.74) is 3.34. The highest BCUT2D eigenvalue weighted by molar-refractivity contribution is 7.86. The van der Waals surface area contributed by atoms with Gasteiger partial charge in [0.2, 0.25) is 0 Å². The summed E-state index contributed by atoms with van der Waals surface area (Å²) >= 11 is 0. The van der Waals surface area contributed by atoms with Crippen LogP contribution in [0.4, 0.5) is 0 Å². The molecule has 3 N–H and O–H groups in total. The first-order valence-corrected chi connectivity index (χ1v) is 10.5. The van der Waals surface area contributed by atoms with Crippen LogP contribution in [-0.2, 0) is 10.2 Å². The van der Waals surface area contributed by atoms with Crippen molar-refractivity contribution < 1.29 is 13.5 Å². The first kappa shape index (κ1) is 16.4. The fraction of sp³-hybridized carbons (Fsp3) is 0.500. The molecule has 3 heterocycles. The Morgan fingerprint density at radius 3 is 2.65 bits per heavy atom. The maximum atomic E-state index is 11.5. The van der Waals surface area contributed by atoms with E-state index in [2.05, 4.69) is 21.7 Å². The number of benzene rings is 1. The van der Waals surface area contributed by atoms with Gasteiger partial charge in [-0.25, -0.2) is 10.1 Å². The molecule has 0 amide bonds. The highest BCUT2D eigenvalue weighted by Gasteiger charge is 2.58. The standard InChI is InChI=1S/C18H22N4O3S/c19-26(24,25)21-7-5-18(6-8-21)9-14(17(18)23)16-13-4-2-1-3-12(13)15-10-20-11-22(15)16/h1-4,10-11,14,16-17,23H,5-9H2,(H2,19,24,25)/t14-,16-,17+/m1/s1. The lowest BCUT2D eigenvalue weighted by Crippen LogP contribution is -2.60. The molecule has 2 aromatic rings. The third-order valence-corrected chi connectivity index (χ3v) is 7.76. The lowest BCUT2D eigenvalue weighted by atomic mass is 9.53. The number of aliphatic hydroxyl groups is 1. The second-order valence-corrected chi connectivity index (χ2v) is 9.38. The maximum Gasteiger partial charge on any atom is 0.276 e. The van der Waals surface area contributed by atoms with E-state index in [4.69, 9.17) is 5.14 Å². The van der Waals surface area contributed by atoms with E-state index >= 15 is 0 Å². The van der Waals surface area contributed by atoms with Crippen molar-refractivity contribution in [2.45, 2.75) is 31.4 Å². The number of rotatable bonds is 2. The van der Waals surface area contributed by atoms with Crippen molar-refractivity contribution in [1.82, 2.24) is 13.9 Å². The van der Waals surface area contributed by atoms with Crippen LogP contribution in [0.3, 0.4) is 0 Å². The van der Waals surface area contributed by atoms with Crippen LogP contribution in [0.1, 0.15) is 30.9 Å². The molecule has 5 rings (SSSR count). The number of fused-ring (bicyclic) bond motifs is 3. The van der Waals surface area contributed by atoms with Crippen molar-refractivity contribution in [3.05, 3.63) is 42.4 Å². The summed E-state index contributed by atoms with van der Waals surface area (Å²) in [6.45, 7) is 0.778. The van der Waals surface area contributed by atoms with Gasteiger partial charge in [-0.2, -0.15) is 12.7 Å². The zero-order valence-corrected chi connectivity index (χ0v) is 15.1. The van der Waals surface area contributed by atoms with Crippen LogP contribution in [0.5, 0.6) is 0 Å². The van der Waals surface area contributed by atoms with Gasteiger partial charge in [0, 0.05) is 24.6 Å². The van der Waals surface area contributed by atoms with Crippen molar-refractivity contribution in [3.8, 4) is 11.3 Å². The SMILES string of the molecule is NS(=O)(=O)N1CCC2(CC1)C[C@H]([C@H]1c3ccccc3-c3cncn31)[C@@H]2O. The molecule has 8 heteroatoms. The van der Waals surface area contributed by atoms with E-state index in [0.29, 0.717) is 25.9 Å². The van der Waals surface area contributed by atoms with Crippen LogP contribution in [-0.4, -0.2) is 46.6 Å². The van der Waals surface area contributed by atoms with Crippen molar-refractivity contribution in [1.29, 1.82) is 0 Å². The normalized spacial score (nSPS) is 30.0. The van der Waals surface area contributed by atoms with Crippen LogP contribution in [0.2, 0.25) is 0 Å². The van der Waals surface area contributed by atoms with Crippen molar-refractivity contribution in [3.63, 3.8) is 0 Å². The first-order chi connectivity index (χ1) is 12.4. The van der Waals surface area contributed by atoms with Gasteiger partial charge in [0.25, 0.3) is 10.2 Å². The summed E-state index contributed by atoms with van der Waals surface area (Å²) in [6.07, 6.45) is 5.49. The van der Waals surface area contributed by atoms with Crippen molar-refractivity contribution in [2.75, 3.05) is 13.1 Å². The van der Waals surface area contributed by atoms with Gasteiger partial charge in [-0.05, 0) is 30.2 Å². The van der Waals surface area contributed by atoms with Crippen LogP contribution in [0, 0.1) is 11.3 Å². The number of hydrogen-bond acceptors (Lipinski definition) is 4. The zero-order chi connectivity index (χ0) is 18.1. The summed E-state index contributed by atoms with van der Waals surface area (Å²) in [4.78, 5) is 4.29. The monoisotopic (exact) mass is 374 g/mol. The highest BCUT2D eigenvalue weighted by Crippen LogP contribution is 2.59. The minimum atomic E-state index is -3.64. The Kier molecular flexibility index (Phi) is 3.40. The van der Waals surface area contributed by atoms with Gasteiger partial charge in [-0.15, -0.1) is 0 Å². The molecule has 2 fully saturated rings. The zero-order valence-electron chi connectivity index (χ0n) is 14.3. The van der Waals surface area contributed by atoms with Gasteiger partial charge >= 0.3 is 0 Å². The summed E-state index contributed by atoms with van der Waals surface area (Å²) in [7, 11) is -3.64. The molecule has 2 aliphatic heterocycles. The highest BCUT2D eigenvalue weighted by atomic mass is 32.2. The average Bonchev–Trinajstić information content (AvgIpc) is 3.20. The molecule has 3 atom stereocenters. The Labute approximate surface area is 152 Å². The smallest absolute Gasteiger partial charge is 0.276 e. The number of aliphatic hydroxyl groups excluding tert-OH is 1. The van der Waals surface area contributed by atoms with E-state index in [1.807, 2.05) is 24.7 Å². The number of hydrogen-bond donors (Lipinski definition) is 2. The summed E-state index contributed by atoms with van der Waals surface area (Å²) < 4.78 is 26.6. The number of nitrogens with two attached hydrogens (primary N) is 1. The fourth-order valence-electron chi connectivity index (χ4n) is 5.28. The van der Waals surface area contributed by atoms with Crippen molar-refractivity contribution >= 4 is 10.2 Å². The van der Waals surface area contributed by atoms with Crippen molar-refractivity contribution in [2.24, 2.45) is 16.5 Å². The number of nitrogens with zero attached hydrogens (tertiary/aromatic N) is 3. The molecule has 138 valence electrons. The molecule has 1 spiro atoms. The van der Waals surface area contributed by atoms with E-state index in [-0.39, 0.29) is 17.4 Å². The Balaban J connectivity index is 1.40. The third kappa shape index (κ3) is 2.16. The molecule has 1 aromatic carbocycles. The number of imidazole rings is 1. The number of piperidine rings is 1. The van der Waals surface area contributed by atoms with Gasteiger partial charge in [-0.3, -0.25) is 0 Å². The van der Waals surface area contributed by atoms with Gasteiger partial charge < -0.3 is 9.67 Å². The lowest BCUT2D eigenvalue weighted by Gasteiger charge is -2.57.